The summed E-state index contributed by atoms with van der Waals surface area (Å²) in [7, 11) is 0. The highest BCUT2D eigenvalue weighted by Crippen LogP contribution is 2.23. The fourth-order valence-corrected chi connectivity index (χ4v) is 1.21. The molecule has 0 spiro atoms. The fourth-order valence-electron chi connectivity index (χ4n) is 1.21. The van der Waals surface area contributed by atoms with Crippen molar-refractivity contribution < 1.29 is 9.72 Å². The molecule has 0 bridgehead atoms. The normalized spacial score (nSPS) is 9.65. The molecule has 0 saturated carbocycles. The molecule has 0 aliphatic heterocycles. The predicted octanol–water partition coefficient (Wildman–Crippen LogP) is 0.257. The molecule has 1 rings (SSSR count). The average molecular weight is 239 g/mol. The Hall–Kier alpha value is -2.51. The molecule has 1 aromatic rings. The monoisotopic (exact) mass is 239 g/mol. The van der Waals surface area contributed by atoms with Crippen molar-refractivity contribution in [3.63, 3.8) is 0 Å². The quantitative estimate of drug-likeness (QED) is 0.253. The van der Waals surface area contributed by atoms with Crippen molar-refractivity contribution in [2.45, 2.75) is 0 Å². The summed E-state index contributed by atoms with van der Waals surface area (Å²) in [5.74, 6) is 0. The first-order valence-corrected chi connectivity index (χ1v) is 4.82. The number of carbonyl (C=O) groups excluding carboxylic acids is 1. The van der Waals surface area contributed by atoms with Crippen LogP contribution in [0, 0.1) is 10.1 Å². The van der Waals surface area contributed by atoms with Crippen LogP contribution in [0.15, 0.2) is 18.2 Å². The Labute approximate surface area is 97.1 Å². The summed E-state index contributed by atoms with van der Waals surface area (Å²) in [4.78, 5) is 20.3. The van der Waals surface area contributed by atoms with Crippen molar-refractivity contribution in [3.8, 4) is 0 Å². The summed E-state index contributed by atoms with van der Waals surface area (Å²) in [5, 5.41) is 15.8. The van der Waals surface area contributed by atoms with E-state index in [2.05, 4.69) is 10.6 Å². The molecule has 8 heteroatoms. The number of rotatable bonds is 5. The third-order valence-corrected chi connectivity index (χ3v) is 1.99. The number of amides is 2. The van der Waals surface area contributed by atoms with E-state index in [1.165, 1.54) is 18.2 Å². The average Bonchev–Trinajstić information content (AvgIpc) is 2.25. The fraction of sp³-hybridized carbons (Fsp3) is 0.222. The van der Waals surface area contributed by atoms with Gasteiger partial charge in [-0.3, -0.25) is 10.1 Å². The van der Waals surface area contributed by atoms with Crippen LogP contribution in [-0.4, -0.2) is 24.0 Å². The van der Waals surface area contributed by atoms with E-state index in [9.17, 15) is 14.9 Å². The number of hydrogen-bond donors (Lipinski definition) is 4. The van der Waals surface area contributed by atoms with Crippen molar-refractivity contribution in [3.05, 3.63) is 28.3 Å². The van der Waals surface area contributed by atoms with Crippen LogP contribution >= 0.6 is 0 Å². The molecule has 1 aromatic carbocycles. The number of carbonyl (C=O) groups is 1. The van der Waals surface area contributed by atoms with Crippen LogP contribution in [0.1, 0.15) is 0 Å². The zero-order valence-electron chi connectivity index (χ0n) is 8.97. The van der Waals surface area contributed by atoms with Crippen LogP contribution in [0.3, 0.4) is 0 Å². The van der Waals surface area contributed by atoms with E-state index < -0.39 is 11.0 Å². The van der Waals surface area contributed by atoms with Gasteiger partial charge in [0.25, 0.3) is 5.69 Å². The standard InChI is InChI=1S/C9H13N5O3/c10-7-5-6(14(16)17)1-2-8(7)12-3-4-13-9(11)15/h1-2,5,12H,3-4,10H2,(H3,11,13,15). The summed E-state index contributed by atoms with van der Waals surface area (Å²) < 4.78 is 0. The Balaban J connectivity index is 2.54. The number of non-ortho nitro benzene ring substituents is 1. The number of hydrogen-bond acceptors (Lipinski definition) is 5. The van der Waals surface area contributed by atoms with Gasteiger partial charge < -0.3 is 22.1 Å². The molecular weight excluding hydrogens is 226 g/mol. The molecule has 0 radical (unpaired) electrons. The Bertz CT molecular complexity index is 435. The zero-order valence-corrected chi connectivity index (χ0v) is 8.97. The Morgan fingerprint density at radius 3 is 2.65 bits per heavy atom. The van der Waals surface area contributed by atoms with Gasteiger partial charge in [-0.1, -0.05) is 0 Å². The van der Waals surface area contributed by atoms with Gasteiger partial charge in [-0.25, -0.2) is 4.79 Å². The minimum atomic E-state index is -0.608. The molecular formula is C9H13N5O3. The number of nitrogens with one attached hydrogen (secondary N) is 2. The molecule has 0 fully saturated rings. The molecule has 0 aliphatic rings. The van der Waals surface area contributed by atoms with Gasteiger partial charge in [0.05, 0.1) is 16.3 Å². The summed E-state index contributed by atoms with van der Waals surface area (Å²) in [6.45, 7) is 0.761. The van der Waals surface area contributed by atoms with E-state index in [1.807, 2.05) is 0 Å². The van der Waals surface area contributed by atoms with E-state index >= 15 is 0 Å². The highest BCUT2D eigenvalue weighted by molar-refractivity contribution is 5.72. The van der Waals surface area contributed by atoms with Crippen LogP contribution in [-0.2, 0) is 0 Å². The minimum Gasteiger partial charge on any atom is -0.397 e. The third-order valence-electron chi connectivity index (χ3n) is 1.99. The maximum atomic E-state index is 10.5. The number of nitrogen functional groups attached to an aromatic ring is 1. The lowest BCUT2D eigenvalue weighted by atomic mass is 10.2. The summed E-state index contributed by atoms with van der Waals surface area (Å²) in [6, 6.07) is 3.52. The second kappa shape index (κ2) is 5.54. The first-order valence-electron chi connectivity index (χ1n) is 4.82. The maximum Gasteiger partial charge on any atom is 0.312 e. The molecule has 0 unspecified atom stereocenters. The Morgan fingerprint density at radius 1 is 1.41 bits per heavy atom. The van der Waals surface area contributed by atoms with E-state index in [0.717, 1.165) is 0 Å². The summed E-state index contributed by atoms with van der Waals surface area (Å²) in [6.07, 6.45) is 0. The van der Waals surface area contributed by atoms with Gasteiger partial charge in [0.2, 0.25) is 0 Å². The van der Waals surface area contributed by atoms with Crippen molar-refractivity contribution >= 4 is 23.1 Å². The molecule has 92 valence electrons. The third kappa shape index (κ3) is 3.86. The highest BCUT2D eigenvalue weighted by atomic mass is 16.6. The number of nitro benzene ring substituents is 1. The largest absolute Gasteiger partial charge is 0.397 e. The van der Waals surface area contributed by atoms with Crippen LogP contribution in [0.2, 0.25) is 0 Å². The number of benzene rings is 1. The number of primary amides is 1. The van der Waals surface area contributed by atoms with Crippen molar-refractivity contribution in [1.29, 1.82) is 0 Å². The highest BCUT2D eigenvalue weighted by Gasteiger charge is 2.07. The van der Waals surface area contributed by atoms with E-state index in [-0.39, 0.29) is 11.4 Å². The molecule has 0 atom stereocenters. The van der Waals surface area contributed by atoms with Crippen LogP contribution in [0.4, 0.5) is 21.9 Å². The maximum absolute atomic E-state index is 10.5. The van der Waals surface area contributed by atoms with Gasteiger partial charge >= 0.3 is 6.03 Å². The van der Waals surface area contributed by atoms with Crippen LogP contribution in [0.5, 0.6) is 0 Å². The lowest BCUT2D eigenvalue weighted by Crippen LogP contribution is -2.33. The van der Waals surface area contributed by atoms with Gasteiger partial charge in [-0.15, -0.1) is 0 Å². The summed E-state index contributed by atoms with van der Waals surface area (Å²) in [5.41, 5.74) is 11.3. The number of nitrogens with two attached hydrogens (primary N) is 2. The summed E-state index contributed by atoms with van der Waals surface area (Å²) >= 11 is 0. The molecule has 17 heavy (non-hydrogen) atoms. The van der Waals surface area contributed by atoms with Gasteiger partial charge in [0, 0.05) is 25.2 Å². The zero-order chi connectivity index (χ0) is 12.8. The smallest absolute Gasteiger partial charge is 0.312 e. The molecule has 6 N–H and O–H groups in total. The Kier molecular flexibility index (Phi) is 4.09. The second-order valence-corrected chi connectivity index (χ2v) is 3.25. The molecule has 8 nitrogen and oxygen atoms in total. The molecule has 0 aliphatic carbocycles. The van der Waals surface area contributed by atoms with Gasteiger partial charge in [0.1, 0.15) is 0 Å². The lowest BCUT2D eigenvalue weighted by molar-refractivity contribution is -0.384. The van der Waals surface area contributed by atoms with Crippen LogP contribution < -0.4 is 22.1 Å². The van der Waals surface area contributed by atoms with Gasteiger partial charge in [-0.2, -0.15) is 0 Å². The Morgan fingerprint density at radius 2 is 2.12 bits per heavy atom. The van der Waals surface area contributed by atoms with Gasteiger partial charge in [0.15, 0.2) is 0 Å². The molecule has 0 aromatic heterocycles. The number of urea groups is 1. The van der Waals surface area contributed by atoms with E-state index in [0.29, 0.717) is 18.8 Å². The number of anilines is 2. The first-order chi connectivity index (χ1) is 8.00. The second-order valence-electron chi connectivity index (χ2n) is 3.25. The van der Waals surface area contributed by atoms with Gasteiger partial charge in [-0.05, 0) is 6.07 Å². The van der Waals surface area contributed by atoms with Crippen LogP contribution in [0.25, 0.3) is 0 Å². The molecule has 2 amide bonds. The molecule has 0 heterocycles. The van der Waals surface area contributed by atoms with Crippen molar-refractivity contribution in [1.82, 2.24) is 5.32 Å². The SMILES string of the molecule is NC(=O)NCCNc1ccc([N+](=O)[O-])cc1N. The predicted molar refractivity (Wildman–Crippen MR) is 63.6 cm³/mol. The first kappa shape index (κ1) is 12.6. The van der Waals surface area contributed by atoms with Crippen molar-refractivity contribution in [2.24, 2.45) is 5.73 Å². The topological polar surface area (TPSA) is 136 Å². The van der Waals surface area contributed by atoms with E-state index in [1.54, 1.807) is 0 Å². The molecule has 0 saturated heterocycles. The number of nitrogens with zero attached hydrogens (tertiary/aromatic N) is 1. The van der Waals surface area contributed by atoms with Crippen molar-refractivity contribution in [2.75, 3.05) is 24.1 Å². The number of nitro groups is 1. The lowest BCUT2D eigenvalue weighted by Gasteiger charge is -2.08. The minimum absolute atomic E-state index is 0.0664. The van der Waals surface area contributed by atoms with E-state index in [4.69, 9.17) is 11.5 Å².